The van der Waals surface area contributed by atoms with E-state index in [-0.39, 0.29) is 29.0 Å². The molecule has 0 unspecified atom stereocenters. The van der Waals surface area contributed by atoms with Gasteiger partial charge in [0.05, 0.1) is 17.6 Å². The number of piperidine rings is 1. The van der Waals surface area contributed by atoms with Gasteiger partial charge in [-0.3, -0.25) is 19.7 Å². The van der Waals surface area contributed by atoms with Crippen LogP contribution >= 0.6 is 0 Å². The first kappa shape index (κ1) is 20.6. The van der Waals surface area contributed by atoms with Crippen LogP contribution in [0.25, 0.3) is 0 Å². The predicted molar refractivity (Wildman–Crippen MR) is 97.8 cm³/mol. The zero-order valence-corrected chi connectivity index (χ0v) is 15.6. The second kappa shape index (κ2) is 9.86. The van der Waals surface area contributed by atoms with Gasteiger partial charge in [-0.15, -0.1) is 0 Å². The quantitative estimate of drug-likeness (QED) is 0.417. The van der Waals surface area contributed by atoms with Crippen molar-refractivity contribution in [3.63, 3.8) is 0 Å². The summed E-state index contributed by atoms with van der Waals surface area (Å²) in [5.74, 6) is -0.173. The van der Waals surface area contributed by atoms with E-state index in [2.05, 4.69) is 5.32 Å². The normalized spacial score (nSPS) is 14.7. The fourth-order valence-electron chi connectivity index (χ4n) is 3.06. The van der Waals surface area contributed by atoms with E-state index in [9.17, 15) is 19.7 Å². The lowest BCUT2D eigenvalue weighted by Crippen LogP contribution is -2.43. The maximum atomic E-state index is 12.8. The van der Waals surface area contributed by atoms with Gasteiger partial charge in [0, 0.05) is 51.4 Å². The lowest BCUT2D eigenvalue weighted by atomic mass is 9.95. The molecular formula is C18H25N3O6. The summed E-state index contributed by atoms with van der Waals surface area (Å²) >= 11 is 0. The zero-order chi connectivity index (χ0) is 19.8. The molecule has 1 heterocycles. The molecule has 0 radical (unpaired) electrons. The summed E-state index contributed by atoms with van der Waals surface area (Å²) in [6, 6.07) is 3.96. The van der Waals surface area contributed by atoms with Gasteiger partial charge < -0.3 is 19.7 Å². The first-order chi connectivity index (χ1) is 13.0. The summed E-state index contributed by atoms with van der Waals surface area (Å²) in [6.45, 7) is 2.00. The molecular weight excluding hydrogens is 354 g/mol. The number of likely N-dealkylation sites (tertiary alicyclic amines) is 1. The zero-order valence-electron chi connectivity index (χ0n) is 15.6. The lowest BCUT2D eigenvalue weighted by Gasteiger charge is -2.31. The molecule has 0 aliphatic carbocycles. The Morgan fingerprint density at radius 1 is 1.30 bits per heavy atom. The van der Waals surface area contributed by atoms with Crippen LogP contribution in [0.15, 0.2) is 18.2 Å². The number of hydrogen-bond acceptors (Lipinski definition) is 6. The predicted octanol–water partition coefficient (Wildman–Crippen LogP) is 1.61. The summed E-state index contributed by atoms with van der Waals surface area (Å²) in [5, 5.41) is 13.9. The fraction of sp³-hybridized carbons (Fsp3) is 0.556. The van der Waals surface area contributed by atoms with E-state index in [1.807, 2.05) is 0 Å². The SMILES string of the molecule is COCCCNC(=O)C1CCN(C(=O)c2cc([N+](=O)[O-])ccc2OC)CC1. The number of methoxy groups -OCH3 is 2. The molecule has 9 nitrogen and oxygen atoms in total. The number of ether oxygens (including phenoxy) is 2. The Hall–Kier alpha value is -2.68. The minimum atomic E-state index is -0.545. The third-order valence-corrected chi connectivity index (χ3v) is 4.60. The van der Waals surface area contributed by atoms with Crippen molar-refractivity contribution in [2.45, 2.75) is 19.3 Å². The monoisotopic (exact) mass is 379 g/mol. The van der Waals surface area contributed by atoms with Crippen molar-refractivity contribution in [2.75, 3.05) is 40.5 Å². The number of nitro groups is 1. The molecule has 2 amide bonds. The Morgan fingerprint density at radius 2 is 2.00 bits per heavy atom. The van der Waals surface area contributed by atoms with Crippen LogP contribution in [0.3, 0.4) is 0 Å². The molecule has 2 rings (SSSR count). The van der Waals surface area contributed by atoms with Crippen molar-refractivity contribution in [1.29, 1.82) is 0 Å². The van der Waals surface area contributed by atoms with Gasteiger partial charge in [-0.1, -0.05) is 0 Å². The second-order valence-electron chi connectivity index (χ2n) is 6.35. The number of hydrogen-bond donors (Lipinski definition) is 1. The minimum Gasteiger partial charge on any atom is -0.496 e. The van der Waals surface area contributed by atoms with Crippen LogP contribution in [0.2, 0.25) is 0 Å². The van der Waals surface area contributed by atoms with Crippen LogP contribution in [-0.2, 0) is 9.53 Å². The van der Waals surface area contributed by atoms with E-state index in [4.69, 9.17) is 9.47 Å². The number of nitrogens with zero attached hydrogens (tertiary/aromatic N) is 2. The van der Waals surface area contributed by atoms with E-state index in [1.165, 1.54) is 25.3 Å². The molecule has 1 N–H and O–H groups in total. The Kier molecular flexibility index (Phi) is 7.54. The molecule has 1 fully saturated rings. The standard InChI is InChI=1S/C18H25N3O6/c1-26-11-3-8-19-17(22)13-6-9-20(10-7-13)18(23)15-12-14(21(24)25)4-5-16(15)27-2/h4-5,12-13H,3,6-11H2,1-2H3,(H,19,22). The Morgan fingerprint density at radius 3 is 2.59 bits per heavy atom. The van der Waals surface area contributed by atoms with E-state index < -0.39 is 4.92 Å². The third-order valence-electron chi connectivity index (χ3n) is 4.60. The summed E-state index contributed by atoms with van der Waals surface area (Å²) in [6.07, 6.45) is 1.87. The van der Waals surface area contributed by atoms with Gasteiger partial charge in [-0.05, 0) is 25.3 Å². The summed E-state index contributed by atoms with van der Waals surface area (Å²) < 4.78 is 10.1. The Balaban J connectivity index is 1.96. The Labute approximate surface area is 157 Å². The summed E-state index contributed by atoms with van der Waals surface area (Å²) in [4.78, 5) is 37.0. The molecule has 148 valence electrons. The molecule has 0 saturated carbocycles. The van der Waals surface area contributed by atoms with Gasteiger partial charge in [0.15, 0.2) is 0 Å². The van der Waals surface area contributed by atoms with E-state index in [0.29, 0.717) is 44.8 Å². The van der Waals surface area contributed by atoms with E-state index in [1.54, 1.807) is 12.0 Å². The molecule has 0 aromatic heterocycles. The van der Waals surface area contributed by atoms with Gasteiger partial charge in [0.25, 0.3) is 11.6 Å². The molecule has 0 spiro atoms. The fourth-order valence-corrected chi connectivity index (χ4v) is 3.06. The molecule has 1 aliphatic heterocycles. The number of nitro benzene ring substituents is 1. The summed E-state index contributed by atoms with van der Waals surface area (Å²) in [5.41, 5.74) is -0.00126. The van der Waals surface area contributed by atoms with Crippen molar-refractivity contribution >= 4 is 17.5 Å². The van der Waals surface area contributed by atoms with Gasteiger partial charge in [-0.25, -0.2) is 0 Å². The van der Waals surface area contributed by atoms with Crippen molar-refractivity contribution in [2.24, 2.45) is 5.92 Å². The van der Waals surface area contributed by atoms with Gasteiger partial charge in [0.2, 0.25) is 5.91 Å². The van der Waals surface area contributed by atoms with Gasteiger partial charge in [0.1, 0.15) is 5.75 Å². The number of non-ortho nitro benzene ring substituents is 1. The molecule has 1 aliphatic rings. The maximum Gasteiger partial charge on any atom is 0.270 e. The van der Waals surface area contributed by atoms with Crippen LogP contribution in [-0.4, -0.2) is 62.1 Å². The van der Waals surface area contributed by atoms with Gasteiger partial charge in [-0.2, -0.15) is 0 Å². The molecule has 0 atom stereocenters. The smallest absolute Gasteiger partial charge is 0.270 e. The number of benzene rings is 1. The first-order valence-electron chi connectivity index (χ1n) is 8.86. The molecule has 9 heteroatoms. The van der Waals surface area contributed by atoms with Crippen LogP contribution in [0.1, 0.15) is 29.6 Å². The second-order valence-corrected chi connectivity index (χ2v) is 6.35. The third kappa shape index (κ3) is 5.40. The molecule has 1 aromatic rings. The van der Waals surface area contributed by atoms with E-state index in [0.717, 1.165) is 6.42 Å². The van der Waals surface area contributed by atoms with Crippen molar-refractivity contribution in [1.82, 2.24) is 10.2 Å². The maximum absolute atomic E-state index is 12.8. The van der Waals surface area contributed by atoms with Crippen LogP contribution in [0.5, 0.6) is 5.75 Å². The Bertz CT molecular complexity index is 686. The number of nitrogens with one attached hydrogen (secondary N) is 1. The molecule has 1 saturated heterocycles. The first-order valence-corrected chi connectivity index (χ1v) is 8.86. The molecule has 0 bridgehead atoms. The number of amides is 2. The highest BCUT2D eigenvalue weighted by Crippen LogP contribution is 2.27. The van der Waals surface area contributed by atoms with Crippen molar-refractivity contribution in [3.8, 4) is 5.75 Å². The molecule has 1 aromatic carbocycles. The largest absolute Gasteiger partial charge is 0.496 e. The van der Waals surface area contributed by atoms with Gasteiger partial charge >= 0.3 is 0 Å². The van der Waals surface area contributed by atoms with Crippen LogP contribution < -0.4 is 10.1 Å². The van der Waals surface area contributed by atoms with Crippen molar-refractivity contribution in [3.05, 3.63) is 33.9 Å². The van der Waals surface area contributed by atoms with Crippen LogP contribution in [0.4, 0.5) is 5.69 Å². The number of carbonyl (C=O) groups is 2. The topological polar surface area (TPSA) is 111 Å². The average Bonchev–Trinajstić information content (AvgIpc) is 2.70. The highest BCUT2D eigenvalue weighted by molar-refractivity contribution is 5.97. The highest BCUT2D eigenvalue weighted by atomic mass is 16.6. The minimum absolute atomic E-state index is 0.00821. The lowest BCUT2D eigenvalue weighted by molar-refractivity contribution is -0.384. The van der Waals surface area contributed by atoms with Crippen LogP contribution in [0, 0.1) is 16.0 Å². The number of carbonyl (C=O) groups excluding carboxylic acids is 2. The highest BCUT2D eigenvalue weighted by Gasteiger charge is 2.29. The number of rotatable bonds is 8. The average molecular weight is 379 g/mol. The summed E-state index contributed by atoms with van der Waals surface area (Å²) in [7, 11) is 3.03. The van der Waals surface area contributed by atoms with Crippen molar-refractivity contribution < 1.29 is 24.0 Å². The van der Waals surface area contributed by atoms with E-state index >= 15 is 0 Å². The molecule has 27 heavy (non-hydrogen) atoms.